The lowest BCUT2D eigenvalue weighted by molar-refractivity contribution is -0.240. The molecule has 5 nitrogen and oxygen atoms in total. The highest BCUT2D eigenvalue weighted by atomic mass is 16.7. The van der Waals surface area contributed by atoms with E-state index in [1.807, 2.05) is 7.11 Å². The van der Waals surface area contributed by atoms with E-state index in [9.17, 15) is 10.2 Å². The molecule has 0 spiro atoms. The molecule has 5 aliphatic rings. The summed E-state index contributed by atoms with van der Waals surface area (Å²) in [6, 6.07) is 0. The van der Waals surface area contributed by atoms with Crippen LogP contribution in [0.25, 0.3) is 0 Å². The zero-order chi connectivity index (χ0) is 23.6. The number of aliphatic hydroxyl groups excluding tert-OH is 1. The van der Waals surface area contributed by atoms with Crippen molar-refractivity contribution >= 4 is 0 Å². The second kappa shape index (κ2) is 8.58. The molecule has 4 aliphatic carbocycles. The summed E-state index contributed by atoms with van der Waals surface area (Å²) in [5, 5.41) is 22.8. The molecule has 2 N–H and O–H groups in total. The first-order valence-electron chi connectivity index (χ1n) is 13.5. The van der Waals surface area contributed by atoms with E-state index >= 15 is 0 Å². The summed E-state index contributed by atoms with van der Waals surface area (Å²) >= 11 is 0. The Hall–Kier alpha value is -0.460. The largest absolute Gasteiger partial charge is 0.387 e. The maximum Gasteiger partial charge on any atom is 0.192 e. The summed E-state index contributed by atoms with van der Waals surface area (Å²) in [7, 11) is 3.56. The highest BCUT2D eigenvalue weighted by molar-refractivity contribution is 5.26. The van der Waals surface area contributed by atoms with E-state index < -0.39 is 11.9 Å². The first kappa shape index (κ1) is 24.2. The molecule has 0 radical (unpaired) electrons. The summed E-state index contributed by atoms with van der Waals surface area (Å²) in [5.74, 6) is 0.908. The van der Waals surface area contributed by atoms with Crippen LogP contribution < -0.4 is 0 Å². The summed E-state index contributed by atoms with van der Waals surface area (Å²) in [6.07, 6.45) is 11.4. The van der Waals surface area contributed by atoms with Crippen LogP contribution >= 0.6 is 0 Å². The monoisotopic (exact) mass is 462 g/mol. The van der Waals surface area contributed by atoms with E-state index in [1.54, 1.807) is 12.7 Å². The van der Waals surface area contributed by atoms with Gasteiger partial charge in [0.25, 0.3) is 0 Å². The van der Waals surface area contributed by atoms with Crippen LogP contribution in [0.2, 0.25) is 0 Å². The molecule has 1 aliphatic heterocycles. The number of hydrogen-bond acceptors (Lipinski definition) is 5. The third kappa shape index (κ3) is 3.67. The van der Waals surface area contributed by atoms with Crippen molar-refractivity contribution in [2.75, 3.05) is 20.8 Å². The van der Waals surface area contributed by atoms with Crippen molar-refractivity contribution in [2.45, 2.75) is 103 Å². The Bertz CT molecular complexity index is 767. The molecule has 0 aromatic heterocycles. The lowest BCUT2D eigenvalue weighted by Crippen LogP contribution is -2.53. The second-order valence-electron chi connectivity index (χ2n) is 12.7. The lowest BCUT2D eigenvalue weighted by Gasteiger charge is -2.58. The highest BCUT2D eigenvalue weighted by Crippen LogP contribution is 2.69. The van der Waals surface area contributed by atoms with Gasteiger partial charge in [-0.15, -0.1) is 0 Å². The molecule has 4 fully saturated rings. The number of rotatable bonds is 6. The number of aliphatic hydroxyl groups is 2. The molecular weight excluding hydrogens is 416 g/mol. The summed E-state index contributed by atoms with van der Waals surface area (Å²) in [6.45, 7) is 7.71. The van der Waals surface area contributed by atoms with Crippen LogP contribution in [0.5, 0.6) is 0 Å². The number of allylic oxidation sites excluding steroid dienone is 1. The zero-order valence-electron chi connectivity index (χ0n) is 21.4. The number of hydrogen-bond donors (Lipinski definition) is 2. The third-order valence-electron chi connectivity index (χ3n) is 11.1. The quantitative estimate of drug-likeness (QED) is 0.560. The molecule has 1 heterocycles. The van der Waals surface area contributed by atoms with Crippen molar-refractivity contribution in [3.8, 4) is 0 Å². The fourth-order valence-electron chi connectivity index (χ4n) is 9.18. The Kier molecular flexibility index (Phi) is 6.31. The predicted octanol–water partition coefficient (Wildman–Crippen LogP) is 4.70. The smallest absolute Gasteiger partial charge is 0.192 e. The van der Waals surface area contributed by atoms with Crippen LogP contribution in [0, 0.1) is 40.4 Å². The third-order valence-corrected chi connectivity index (χ3v) is 11.1. The van der Waals surface area contributed by atoms with Gasteiger partial charge in [0.1, 0.15) is 6.10 Å². The Morgan fingerprint density at radius 2 is 1.97 bits per heavy atom. The second-order valence-corrected chi connectivity index (χ2v) is 12.7. The molecular formula is C28H46O5. The summed E-state index contributed by atoms with van der Waals surface area (Å²) in [4.78, 5) is 0. The van der Waals surface area contributed by atoms with Gasteiger partial charge in [-0.1, -0.05) is 32.4 Å². The SMILES string of the molecule is COCC(C)CCC1(O)O[C@H]2C[C@H]3[C@@H]4CC=C5C[C@@H](OC)CC[C@]5(C)[C@H]4CC[C@]3(C)[C@H]2[C@@H]1O. The predicted molar refractivity (Wildman–Crippen MR) is 127 cm³/mol. The minimum Gasteiger partial charge on any atom is -0.387 e. The highest BCUT2D eigenvalue weighted by Gasteiger charge is 2.68. The van der Waals surface area contributed by atoms with Gasteiger partial charge in [-0.25, -0.2) is 0 Å². The van der Waals surface area contributed by atoms with Crippen LogP contribution in [0.1, 0.15) is 78.6 Å². The van der Waals surface area contributed by atoms with E-state index in [2.05, 4.69) is 26.8 Å². The molecule has 188 valence electrons. The maximum atomic E-state index is 11.4. The average Bonchev–Trinajstić information content (AvgIpc) is 3.22. The lowest BCUT2D eigenvalue weighted by atomic mass is 9.47. The van der Waals surface area contributed by atoms with E-state index in [0.717, 1.165) is 44.4 Å². The maximum absolute atomic E-state index is 11.4. The molecule has 1 saturated heterocycles. The molecule has 11 atom stereocenters. The van der Waals surface area contributed by atoms with Crippen molar-refractivity contribution in [1.82, 2.24) is 0 Å². The minimum absolute atomic E-state index is 0.0288. The first-order chi connectivity index (χ1) is 15.7. The van der Waals surface area contributed by atoms with Crippen molar-refractivity contribution in [3.63, 3.8) is 0 Å². The van der Waals surface area contributed by atoms with E-state index in [0.29, 0.717) is 42.3 Å². The fraction of sp³-hybridized carbons (Fsp3) is 0.929. The van der Waals surface area contributed by atoms with Crippen LogP contribution in [0.4, 0.5) is 0 Å². The van der Waals surface area contributed by atoms with Gasteiger partial charge in [0.15, 0.2) is 5.79 Å². The number of fused-ring (bicyclic) bond motifs is 7. The van der Waals surface area contributed by atoms with E-state index in [-0.39, 0.29) is 17.4 Å². The molecule has 33 heavy (non-hydrogen) atoms. The van der Waals surface area contributed by atoms with Crippen molar-refractivity contribution in [2.24, 2.45) is 40.4 Å². The standard InChI is InChI=1S/C28H46O5/c1-17(16-31-4)8-13-28(30)25(29)24-23(33-28)15-22-20-7-6-18-14-19(32-5)9-11-26(18,2)21(20)10-12-27(22,24)3/h6,17,19-25,29-30H,7-16H2,1-5H3/t17?,19-,20+,21-,22-,23-,24+,25-,26-,27-,28?/m0/s1. The van der Waals surface area contributed by atoms with Gasteiger partial charge in [-0.3, -0.25) is 0 Å². The number of methoxy groups -OCH3 is 2. The van der Waals surface area contributed by atoms with E-state index in [4.69, 9.17) is 14.2 Å². The van der Waals surface area contributed by atoms with Crippen molar-refractivity contribution in [3.05, 3.63) is 11.6 Å². The molecule has 0 aromatic rings. The molecule has 2 unspecified atom stereocenters. The van der Waals surface area contributed by atoms with Gasteiger partial charge in [0, 0.05) is 33.2 Å². The van der Waals surface area contributed by atoms with Crippen LogP contribution in [-0.2, 0) is 14.2 Å². The van der Waals surface area contributed by atoms with Gasteiger partial charge in [-0.05, 0) is 85.9 Å². The fourth-order valence-corrected chi connectivity index (χ4v) is 9.18. The summed E-state index contributed by atoms with van der Waals surface area (Å²) in [5.41, 5.74) is 1.98. The van der Waals surface area contributed by atoms with Crippen LogP contribution in [-0.4, -0.2) is 55.1 Å². The normalized spacial score (nSPS) is 51.8. The Morgan fingerprint density at radius 1 is 1.18 bits per heavy atom. The molecule has 0 bridgehead atoms. The van der Waals surface area contributed by atoms with Gasteiger partial charge in [0.05, 0.1) is 12.2 Å². The molecule has 5 rings (SSSR count). The van der Waals surface area contributed by atoms with Gasteiger partial charge < -0.3 is 24.4 Å². The van der Waals surface area contributed by atoms with E-state index in [1.165, 1.54) is 12.8 Å². The Morgan fingerprint density at radius 3 is 2.70 bits per heavy atom. The van der Waals surface area contributed by atoms with Gasteiger partial charge >= 0.3 is 0 Å². The zero-order valence-corrected chi connectivity index (χ0v) is 21.4. The first-order valence-corrected chi connectivity index (χ1v) is 13.5. The number of ether oxygens (including phenoxy) is 3. The van der Waals surface area contributed by atoms with Crippen LogP contribution in [0.3, 0.4) is 0 Å². The summed E-state index contributed by atoms with van der Waals surface area (Å²) < 4.78 is 17.3. The molecule has 5 heteroatoms. The minimum atomic E-state index is -1.41. The molecule has 0 aromatic carbocycles. The molecule has 0 amide bonds. The topological polar surface area (TPSA) is 68.2 Å². The van der Waals surface area contributed by atoms with Crippen LogP contribution in [0.15, 0.2) is 11.6 Å². The van der Waals surface area contributed by atoms with Crippen molar-refractivity contribution < 1.29 is 24.4 Å². The molecule has 3 saturated carbocycles. The van der Waals surface area contributed by atoms with Gasteiger partial charge in [-0.2, -0.15) is 0 Å². The van der Waals surface area contributed by atoms with Gasteiger partial charge in [0.2, 0.25) is 0 Å². The average molecular weight is 463 g/mol. The Labute approximate surface area is 200 Å². The Balaban J connectivity index is 1.34. The van der Waals surface area contributed by atoms with Crippen molar-refractivity contribution in [1.29, 1.82) is 0 Å².